The van der Waals surface area contributed by atoms with E-state index in [1.54, 1.807) is 12.4 Å². The van der Waals surface area contributed by atoms with Crippen molar-refractivity contribution in [2.24, 2.45) is 0 Å². The molecule has 0 aromatic carbocycles. The second kappa shape index (κ2) is 8.38. The number of anilines is 2. The Morgan fingerprint density at radius 1 is 1.29 bits per heavy atom. The topological polar surface area (TPSA) is 104 Å². The molecular formula is C20H27N5O3. The minimum absolute atomic E-state index is 0.0251. The standard InChI is InChI=1S/C20H27N5O3/c26-10-7-22-19-23-17(15-3-11-28-14-15)12-18(24-19)25-8-4-20(27,5-9-25)16-2-1-6-21-13-16/h1-2,6,12-13,15,26-27H,3-5,7-11,14H2,(H,22,23,24)/t15-/m1/s1. The monoisotopic (exact) mass is 385 g/mol. The average molecular weight is 385 g/mol. The lowest BCUT2D eigenvalue weighted by atomic mass is 9.85. The summed E-state index contributed by atoms with van der Waals surface area (Å²) in [5.74, 6) is 1.65. The van der Waals surface area contributed by atoms with E-state index >= 15 is 0 Å². The van der Waals surface area contributed by atoms with Crippen LogP contribution in [-0.2, 0) is 10.3 Å². The molecule has 0 spiro atoms. The molecule has 1 atom stereocenters. The van der Waals surface area contributed by atoms with E-state index in [4.69, 9.17) is 9.84 Å². The van der Waals surface area contributed by atoms with Crippen molar-refractivity contribution in [3.05, 3.63) is 41.9 Å². The van der Waals surface area contributed by atoms with Crippen molar-refractivity contribution in [1.82, 2.24) is 15.0 Å². The molecule has 2 saturated heterocycles. The Morgan fingerprint density at radius 3 is 2.82 bits per heavy atom. The molecule has 0 radical (unpaired) electrons. The van der Waals surface area contributed by atoms with Crippen LogP contribution in [-0.4, -0.2) is 64.6 Å². The minimum Gasteiger partial charge on any atom is -0.395 e. The molecule has 8 nitrogen and oxygen atoms in total. The van der Waals surface area contributed by atoms with Crippen molar-refractivity contribution in [2.45, 2.75) is 30.8 Å². The second-order valence-electron chi connectivity index (χ2n) is 7.45. The first-order chi connectivity index (χ1) is 13.7. The molecule has 3 N–H and O–H groups in total. The van der Waals surface area contributed by atoms with Crippen molar-refractivity contribution < 1.29 is 14.9 Å². The molecule has 2 aliphatic heterocycles. The molecule has 2 aromatic heterocycles. The van der Waals surface area contributed by atoms with Gasteiger partial charge in [-0.1, -0.05) is 6.07 Å². The third kappa shape index (κ3) is 4.09. The maximum absolute atomic E-state index is 11.0. The molecule has 2 aliphatic rings. The highest BCUT2D eigenvalue weighted by Crippen LogP contribution is 2.35. The summed E-state index contributed by atoms with van der Waals surface area (Å²) in [5.41, 5.74) is 0.986. The van der Waals surface area contributed by atoms with Crippen molar-refractivity contribution in [3.63, 3.8) is 0 Å². The van der Waals surface area contributed by atoms with Gasteiger partial charge in [0, 0.05) is 56.2 Å². The Morgan fingerprint density at radius 2 is 2.14 bits per heavy atom. The first-order valence-corrected chi connectivity index (χ1v) is 9.87. The van der Waals surface area contributed by atoms with Gasteiger partial charge in [-0.3, -0.25) is 4.98 Å². The number of hydrogen-bond acceptors (Lipinski definition) is 8. The molecule has 2 fully saturated rings. The van der Waals surface area contributed by atoms with E-state index < -0.39 is 5.60 Å². The molecule has 0 saturated carbocycles. The van der Waals surface area contributed by atoms with Crippen LogP contribution in [0.4, 0.5) is 11.8 Å². The van der Waals surface area contributed by atoms with Crippen LogP contribution in [0.15, 0.2) is 30.6 Å². The van der Waals surface area contributed by atoms with Gasteiger partial charge in [0.2, 0.25) is 5.95 Å². The molecule has 28 heavy (non-hydrogen) atoms. The maximum Gasteiger partial charge on any atom is 0.224 e. The Labute approximate surface area is 164 Å². The van der Waals surface area contributed by atoms with Gasteiger partial charge in [0.15, 0.2) is 0 Å². The summed E-state index contributed by atoms with van der Waals surface area (Å²) in [6, 6.07) is 5.83. The summed E-state index contributed by atoms with van der Waals surface area (Å²) in [5, 5.41) is 23.2. The molecule has 0 bridgehead atoms. The van der Waals surface area contributed by atoms with Gasteiger partial charge in [-0.25, -0.2) is 4.98 Å². The summed E-state index contributed by atoms with van der Waals surface area (Å²) in [7, 11) is 0. The van der Waals surface area contributed by atoms with Crippen molar-refractivity contribution in [3.8, 4) is 0 Å². The van der Waals surface area contributed by atoms with Crippen LogP contribution in [0.5, 0.6) is 0 Å². The third-order valence-electron chi connectivity index (χ3n) is 5.59. The predicted octanol–water partition coefficient (Wildman–Crippen LogP) is 1.27. The van der Waals surface area contributed by atoms with Crippen molar-refractivity contribution in [1.29, 1.82) is 0 Å². The zero-order valence-corrected chi connectivity index (χ0v) is 15.9. The van der Waals surface area contributed by atoms with E-state index in [1.807, 2.05) is 18.2 Å². The number of rotatable bonds is 6. The van der Waals surface area contributed by atoms with Crippen molar-refractivity contribution in [2.75, 3.05) is 49.7 Å². The average Bonchev–Trinajstić information content (AvgIpc) is 3.28. The SMILES string of the molecule is OCCNc1nc([C@@H]2CCOC2)cc(N2CCC(O)(c3cccnc3)CC2)n1. The predicted molar refractivity (Wildman–Crippen MR) is 105 cm³/mol. The van der Waals surface area contributed by atoms with Gasteiger partial charge >= 0.3 is 0 Å². The summed E-state index contributed by atoms with van der Waals surface area (Å²) in [4.78, 5) is 15.6. The molecule has 0 amide bonds. The molecule has 2 aromatic rings. The summed E-state index contributed by atoms with van der Waals surface area (Å²) in [6.07, 6.45) is 5.65. The normalized spacial score (nSPS) is 21.6. The highest BCUT2D eigenvalue weighted by atomic mass is 16.5. The summed E-state index contributed by atoms with van der Waals surface area (Å²) in [6.45, 7) is 3.26. The zero-order chi connectivity index (χ0) is 19.4. The summed E-state index contributed by atoms with van der Waals surface area (Å²) >= 11 is 0. The molecule has 0 unspecified atom stereocenters. The van der Waals surface area contributed by atoms with Gasteiger partial charge in [-0.05, 0) is 25.3 Å². The van der Waals surface area contributed by atoms with Crippen LogP contribution in [0.3, 0.4) is 0 Å². The lowest BCUT2D eigenvalue weighted by molar-refractivity contribution is 0.0113. The minimum atomic E-state index is -0.849. The number of pyridine rings is 1. The Balaban J connectivity index is 1.52. The van der Waals surface area contributed by atoms with E-state index in [-0.39, 0.29) is 12.5 Å². The Bertz CT molecular complexity index is 775. The lowest BCUT2D eigenvalue weighted by Gasteiger charge is -2.39. The molecule has 0 aliphatic carbocycles. The van der Waals surface area contributed by atoms with Crippen LogP contribution in [0.25, 0.3) is 0 Å². The maximum atomic E-state index is 11.0. The lowest BCUT2D eigenvalue weighted by Crippen LogP contribution is -2.43. The number of nitrogens with one attached hydrogen (secondary N) is 1. The molecule has 4 heterocycles. The number of hydrogen-bond donors (Lipinski definition) is 3. The number of piperidine rings is 1. The number of aromatic nitrogens is 3. The van der Waals surface area contributed by atoms with Crippen LogP contribution >= 0.6 is 0 Å². The second-order valence-corrected chi connectivity index (χ2v) is 7.45. The molecule has 4 rings (SSSR count). The van der Waals surface area contributed by atoms with E-state index in [9.17, 15) is 5.11 Å². The molecule has 150 valence electrons. The number of nitrogens with zero attached hydrogens (tertiary/aromatic N) is 4. The van der Waals surface area contributed by atoms with E-state index in [0.717, 1.165) is 30.1 Å². The third-order valence-corrected chi connectivity index (χ3v) is 5.59. The molecular weight excluding hydrogens is 358 g/mol. The smallest absolute Gasteiger partial charge is 0.224 e. The van der Waals surface area contributed by atoms with Crippen LogP contribution in [0.2, 0.25) is 0 Å². The number of aliphatic hydroxyl groups is 2. The molecule has 8 heteroatoms. The van der Waals surface area contributed by atoms with E-state index in [2.05, 4.69) is 25.2 Å². The fourth-order valence-corrected chi connectivity index (χ4v) is 3.87. The van der Waals surface area contributed by atoms with Gasteiger partial charge in [0.05, 0.1) is 24.5 Å². The van der Waals surface area contributed by atoms with Crippen LogP contribution in [0.1, 0.15) is 36.4 Å². The first kappa shape index (κ1) is 19.0. The largest absolute Gasteiger partial charge is 0.395 e. The fourth-order valence-electron chi connectivity index (χ4n) is 3.87. The zero-order valence-electron chi connectivity index (χ0n) is 15.9. The number of ether oxygens (including phenoxy) is 1. The van der Waals surface area contributed by atoms with Crippen molar-refractivity contribution >= 4 is 11.8 Å². The Hall–Kier alpha value is -2.29. The van der Waals surface area contributed by atoms with E-state index in [1.165, 1.54) is 0 Å². The highest BCUT2D eigenvalue weighted by Gasteiger charge is 2.35. The van der Waals surface area contributed by atoms with Crippen LogP contribution < -0.4 is 10.2 Å². The quantitative estimate of drug-likeness (QED) is 0.683. The summed E-state index contributed by atoms with van der Waals surface area (Å²) < 4.78 is 5.52. The van der Waals surface area contributed by atoms with Gasteiger partial charge in [-0.15, -0.1) is 0 Å². The fraction of sp³-hybridized carbons (Fsp3) is 0.550. The van der Waals surface area contributed by atoms with Gasteiger partial charge in [0.1, 0.15) is 5.82 Å². The first-order valence-electron chi connectivity index (χ1n) is 9.87. The van der Waals surface area contributed by atoms with Gasteiger partial charge in [-0.2, -0.15) is 4.98 Å². The van der Waals surface area contributed by atoms with Gasteiger partial charge in [0.25, 0.3) is 0 Å². The van der Waals surface area contributed by atoms with Crippen LogP contribution in [0, 0.1) is 0 Å². The van der Waals surface area contributed by atoms with E-state index in [0.29, 0.717) is 45.0 Å². The highest BCUT2D eigenvalue weighted by molar-refractivity contribution is 5.46. The van der Waals surface area contributed by atoms with Gasteiger partial charge < -0.3 is 25.2 Å². The number of aliphatic hydroxyl groups excluding tert-OH is 1. The Kier molecular flexibility index (Phi) is 5.70.